The largest absolute Gasteiger partial charge is 0.548 e. The summed E-state index contributed by atoms with van der Waals surface area (Å²) in [5.74, 6) is -1.55. The van der Waals surface area contributed by atoms with Gasteiger partial charge in [0.05, 0.1) is 28.1 Å². The monoisotopic (exact) mass is 358 g/mol. The van der Waals surface area contributed by atoms with Gasteiger partial charge in [-0.05, 0) is 30.3 Å². The number of carbonyl (C=O) groups is 1. The summed E-state index contributed by atoms with van der Waals surface area (Å²) in [5.41, 5.74) is 0.0131. The van der Waals surface area contributed by atoms with E-state index in [4.69, 9.17) is 23.2 Å². The standard InChI is InChI=1S/C14H11Cl2NO4S/c15-10-6-7-13(12(16)8-10)17(9-14(18)19)22(20,21)11-4-2-1-3-5-11/h1-8H,9H2,(H,18,19)/p-1. The summed E-state index contributed by atoms with van der Waals surface area (Å²) in [6.45, 7) is -0.863. The van der Waals surface area contributed by atoms with Crippen LogP contribution in [0.4, 0.5) is 5.69 Å². The van der Waals surface area contributed by atoms with Crippen molar-refractivity contribution in [1.29, 1.82) is 0 Å². The fraction of sp³-hybridized carbons (Fsp3) is 0.0714. The highest BCUT2D eigenvalue weighted by Gasteiger charge is 2.26. The van der Waals surface area contributed by atoms with Gasteiger partial charge in [-0.2, -0.15) is 0 Å². The van der Waals surface area contributed by atoms with Gasteiger partial charge in [-0.25, -0.2) is 8.42 Å². The van der Waals surface area contributed by atoms with Crippen molar-refractivity contribution < 1.29 is 18.3 Å². The van der Waals surface area contributed by atoms with E-state index in [1.807, 2.05) is 0 Å². The van der Waals surface area contributed by atoms with Crippen LogP contribution in [0.15, 0.2) is 53.4 Å². The summed E-state index contributed by atoms with van der Waals surface area (Å²) >= 11 is 11.8. The smallest absolute Gasteiger partial charge is 0.264 e. The van der Waals surface area contributed by atoms with E-state index in [-0.39, 0.29) is 15.6 Å². The zero-order valence-electron chi connectivity index (χ0n) is 11.1. The molecule has 0 fully saturated rings. The van der Waals surface area contributed by atoms with Gasteiger partial charge in [-0.15, -0.1) is 0 Å². The number of carbonyl (C=O) groups excluding carboxylic acids is 1. The topological polar surface area (TPSA) is 77.5 Å². The summed E-state index contributed by atoms with van der Waals surface area (Å²) in [5, 5.41) is 11.3. The molecule has 2 rings (SSSR count). The van der Waals surface area contributed by atoms with E-state index >= 15 is 0 Å². The number of aliphatic carboxylic acids is 1. The molecular weight excluding hydrogens is 349 g/mol. The number of nitrogens with zero attached hydrogens (tertiary/aromatic N) is 1. The molecule has 0 unspecified atom stereocenters. The zero-order chi connectivity index (χ0) is 16.3. The Labute approximate surface area is 137 Å². The molecule has 0 atom stereocenters. The highest BCUT2D eigenvalue weighted by Crippen LogP contribution is 2.32. The van der Waals surface area contributed by atoms with Gasteiger partial charge in [0.15, 0.2) is 0 Å². The average Bonchev–Trinajstić information content (AvgIpc) is 2.46. The maximum Gasteiger partial charge on any atom is 0.264 e. The SMILES string of the molecule is O=C([O-])CN(c1ccc(Cl)cc1Cl)S(=O)(=O)c1ccccc1. The third kappa shape index (κ3) is 3.52. The molecule has 116 valence electrons. The Kier molecular flexibility index (Phi) is 4.95. The second kappa shape index (κ2) is 6.56. The minimum atomic E-state index is -4.10. The molecule has 2 aromatic rings. The maximum absolute atomic E-state index is 12.6. The lowest BCUT2D eigenvalue weighted by Crippen LogP contribution is -2.41. The first-order valence-corrected chi connectivity index (χ1v) is 8.24. The number of sulfonamides is 1. The molecule has 0 bridgehead atoms. The van der Waals surface area contributed by atoms with Crippen LogP contribution < -0.4 is 9.41 Å². The Hall–Kier alpha value is -1.76. The molecule has 0 saturated heterocycles. The maximum atomic E-state index is 12.6. The van der Waals surface area contributed by atoms with Gasteiger partial charge < -0.3 is 9.90 Å². The second-order valence-electron chi connectivity index (χ2n) is 4.29. The molecule has 22 heavy (non-hydrogen) atoms. The number of carboxylic acid groups (broad SMARTS) is 1. The van der Waals surface area contributed by atoms with Crippen molar-refractivity contribution in [3.05, 3.63) is 58.6 Å². The Morgan fingerprint density at radius 2 is 1.73 bits per heavy atom. The molecule has 0 aliphatic heterocycles. The molecule has 0 N–H and O–H groups in total. The van der Waals surface area contributed by atoms with Crippen molar-refractivity contribution in [2.75, 3.05) is 10.8 Å². The lowest BCUT2D eigenvalue weighted by Gasteiger charge is -2.25. The van der Waals surface area contributed by atoms with Crippen LogP contribution in [0.3, 0.4) is 0 Å². The second-order valence-corrected chi connectivity index (χ2v) is 7.00. The van der Waals surface area contributed by atoms with Gasteiger partial charge in [-0.1, -0.05) is 41.4 Å². The molecule has 0 aromatic heterocycles. The van der Waals surface area contributed by atoms with Crippen LogP contribution in [0.5, 0.6) is 0 Å². The summed E-state index contributed by atoms with van der Waals surface area (Å²) in [7, 11) is -4.10. The summed E-state index contributed by atoms with van der Waals surface area (Å²) in [6.07, 6.45) is 0. The molecule has 0 amide bonds. The summed E-state index contributed by atoms with van der Waals surface area (Å²) < 4.78 is 26.0. The Bertz CT molecular complexity index is 794. The zero-order valence-corrected chi connectivity index (χ0v) is 13.4. The number of benzene rings is 2. The van der Waals surface area contributed by atoms with E-state index in [2.05, 4.69) is 0 Å². The van der Waals surface area contributed by atoms with Gasteiger partial charge in [0, 0.05) is 5.02 Å². The fourth-order valence-corrected chi connectivity index (χ4v) is 3.83. The minimum Gasteiger partial charge on any atom is -0.548 e. The first-order valence-electron chi connectivity index (χ1n) is 6.05. The van der Waals surface area contributed by atoms with Gasteiger partial charge in [0.25, 0.3) is 10.0 Å². The van der Waals surface area contributed by atoms with Crippen LogP contribution >= 0.6 is 23.2 Å². The number of carboxylic acids is 1. The molecular formula is C14H10Cl2NO4S-. The molecule has 5 nitrogen and oxygen atoms in total. The first kappa shape index (κ1) is 16.6. The molecule has 2 aromatic carbocycles. The third-order valence-electron chi connectivity index (χ3n) is 2.78. The molecule has 0 saturated carbocycles. The van der Waals surface area contributed by atoms with E-state index in [1.54, 1.807) is 6.07 Å². The molecule has 0 aliphatic carbocycles. The van der Waals surface area contributed by atoms with Crippen LogP contribution in [0.1, 0.15) is 0 Å². The lowest BCUT2D eigenvalue weighted by molar-refractivity contribution is -0.303. The van der Waals surface area contributed by atoms with Crippen molar-refractivity contribution in [3.63, 3.8) is 0 Å². The summed E-state index contributed by atoms with van der Waals surface area (Å²) in [6, 6.07) is 11.5. The third-order valence-corrected chi connectivity index (χ3v) is 5.09. The highest BCUT2D eigenvalue weighted by molar-refractivity contribution is 7.92. The quantitative estimate of drug-likeness (QED) is 0.818. The first-order chi connectivity index (χ1) is 10.3. The van der Waals surface area contributed by atoms with Crippen LogP contribution in [0.2, 0.25) is 10.0 Å². The normalized spacial score (nSPS) is 11.2. The van der Waals surface area contributed by atoms with Crippen molar-refractivity contribution in [1.82, 2.24) is 0 Å². The van der Waals surface area contributed by atoms with Gasteiger partial charge in [0.2, 0.25) is 0 Å². The van der Waals surface area contributed by atoms with Gasteiger partial charge in [-0.3, -0.25) is 4.31 Å². The number of hydrogen-bond acceptors (Lipinski definition) is 4. The molecule has 0 aliphatic rings. The Morgan fingerprint density at radius 1 is 1.09 bits per heavy atom. The van der Waals surface area contributed by atoms with Crippen molar-refractivity contribution >= 4 is 44.9 Å². The average molecular weight is 359 g/mol. The molecule has 8 heteroatoms. The van der Waals surface area contributed by atoms with Gasteiger partial charge >= 0.3 is 0 Å². The van der Waals surface area contributed by atoms with E-state index in [1.165, 1.54) is 42.5 Å². The Morgan fingerprint density at radius 3 is 2.27 bits per heavy atom. The predicted molar refractivity (Wildman–Crippen MR) is 82.4 cm³/mol. The van der Waals surface area contributed by atoms with E-state index in [0.29, 0.717) is 9.33 Å². The van der Waals surface area contributed by atoms with E-state index in [0.717, 1.165) is 0 Å². The molecule has 0 radical (unpaired) electrons. The van der Waals surface area contributed by atoms with Crippen molar-refractivity contribution in [2.45, 2.75) is 4.90 Å². The number of rotatable bonds is 5. The fourth-order valence-electron chi connectivity index (χ4n) is 1.82. The molecule has 0 heterocycles. The Balaban J connectivity index is 2.58. The van der Waals surface area contributed by atoms with Crippen LogP contribution in [-0.2, 0) is 14.8 Å². The van der Waals surface area contributed by atoms with Crippen molar-refractivity contribution in [3.8, 4) is 0 Å². The van der Waals surface area contributed by atoms with E-state index in [9.17, 15) is 18.3 Å². The number of halogens is 2. The lowest BCUT2D eigenvalue weighted by atomic mass is 10.3. The van der Waals surface area contributed by atoms with E-state index < -0.39 is 22.5 Å². The predicted octanol–water partition coefficient (Wildman–Crippen LogP) is 1.94. The highest BCUT2D eigenvalue weighted by atomic mass is 35.5. The number of hydrogen-bond donors (Lipinski definition) is 0. The number of anilines is 1. The van der Waals surface area contributed by atoms with Crippen LogP contribution in [-0.4, -0.2) is 20.9 Å². The molecule has 0 spiro atoms. The van der Waals surface area contributed by atoms with Crippen LogP contribution in [0, 0.1) is 0 Å². The summed E-state index contributed by atoms with van der Waals surface area (Å²) in [4.78, 5) is 10.9. The van der Waals surface area contributed by atoms with Crippen molar-refractivity contribution in [2.24, 2.45) is 0 Å². The minimum absolute atomic E-state index is 0.0131. The van der Waals surface area contributed by atoms with Gasteiger partial charge in [0.1, 0.15) is 0 Å². The van der Waals surface area contributed by atoms with Crippen LogP contribution in [0.25, 0.3) is 0 Å².